The molecule has 55 heavy (non-hydrogen) atoms. The number of allylic oxidation sites excluding steroid dienone is 3. The van der Waals surface area contributed by atoms with Crippen molar-refractivity contribution in [3.05, 3.63) is 24.3 Å². The van der Waals surface area contributed by atoms with Crippen LogP contribution in [-0.2, 0) is 18.4 Å². The van der Waals surface area contributed by atoms with E-state index >= 15 is 0 Å². The molecule has 0 aliphatic rings. The molecule has 0 spiro atoms. The highest BCUT2D eigenvalue weighted by molar-refractivity contribution is 7.47. The highest BCUT2D eigenvalue weighted by Crippen LogP contribution is 2.43. The standard InChI is InChI=1S/C46H91N2O6P/c1-6-8-10-12-14-16-18-19-20-21-22-23-24-25-26-27-28-29-30-32-34-36-38-40-46(50)47-44(43-54-55(51,52)53-42-41-48(3,4)5)45(49)39-37-35-33-31-17-15-13-11-9-7-2/h17,31,37,39,44-45,49H,6-16,18-30,32-36,38,40-43H2,1-5H3,(H-,47,50,51,52)/p+1/b31-17+,39-37+/t44-,45+/m0/s1. The minimum absolute atomic E-state index is 0.0580. The molecule has 3 atom stereocenters. The molecular formula is C46H92N2O6P+. The Morgan fingerprint density at radius 3 is 1.45 bits per heavy atom. The Labute approximate surface area is 341 Å². The van der Waals surface area contributed by atoms with Gasteiger partial charge >= 0.3 is 7.82 Å². The zero-order valence-corrected chi connectivity index (χ0v) is 37.8. The second-order valence-electron chi connectivity index (χ2n) is 17.1. The summed E-state index contributed by atoms with van der Waals surface area (Å²) in [5.41, 5.74) is 0. The van der Waals surface area contributed by atoms with E-state index in [0.717, 1.165) is 38.5 Å². The molecule has 0 saturated heterocycles. The van der Waals surface area contributed by atoms with E-state index in [4.69, 9.17) is 9.05 Å². The van der Waals surface area contributed by atoms with Crippen LogP contribution < -0.4 is 5.32 Å². The van der Waals surface area contributed by atoms with E-state index in [1.165, 1.54) is 154 Å². The van der Waals surface area contributed by atoms with Gasteiger partial charge in [0.05, 0.1) is 39.9 Å². The maximum atomic E-state index is 12.8. The predicted molar refractivity (Wildman–Crippen MR) is 235 cm³/mol. The number of amides is 1. The molecule has 0 aromatic carbocycles. The van der Waals surface area contributed by atoms with Crippen LogP contribution in [0.1, 0.15) is 213 Å². The number of carbonyl (C=O) groups is 1. The summed E-state index contributed by atoms with van der Waals surface area (Å²) in [6.45, 7) is 4.77. The van der Waals surface area contributed by atoms with Gasteiger partial charge in [-0.2, -0.15) is 0 Å². The molecule has 0 aromatic heterocycles. The molecule has 3 N–H and O–H groups in total. The van der Waals surface area contributed by atoms with Crippen molar-refractivity contribution in [2.24, 2.45) is 0 Å². The Balaban J connectivity index is 4.19. The summed E-state index contributed by atoms with van der Waals surface area (Å²) >= 11 is 0. The molecule has 326 valence electrons. The van der Waals surface area contributed by atoms with Crippen molar-refractivity contribution < 1.29 is 32.9 Å². The third-order valence-corrected chi connectivity index (χ3v) is 11.4. The highest BCUT2D eigenvalue weighted by Gasteiger charge is 2.27. The van der Waals surface area contributed by atoms with Crippen LogP contribution in [0.25, 0.3) is 0 Å². The number of aliphatic hydroxyl groups is 1. The lowest BCUT2D eigenvalue weighted by Crippen LogP contribution is -2.45. The molecule has 0 fully saturated rings. The van der Waals surface area contributed by atoms with Gasteiger partial charge in [0, 0.05) is 6.42 Å². The number of unbranched alkanes of at least 4 members (excludes halogenated alkanes) is 27. The van der Waals surface area contributed by atoms with Crippen LogP contribution >= 0.6 is 7.82 Å². The number of aliphatic hydroxyl groups excluding tert-OH is 1. The fourth-order valence-corrected chi connectivity index (χ4v) is 7.44. The van der Waals surface area contributed by atoms with Gasteiger partial charge in [-0.3, -0.25) is 13.8 Å². The van der Waals surface area contributed by atoms with Gasteiger partial charge in [0.15, 0.2) is 0 Å². The molecule has 0 aliphatic heterocycles. The first-order chi connectivity index (χ1) is 26.5. The maximum absolute atomic E-state index is 12.8. The molecule has 0 radical (unpaired) electrons. The topological polar surface area (TPSA) is 105 Å². The van der Waals surface area contributed by atoms with E-state index in [1.807, 2.05) is 27.2 Å². The fraction of sp³-hybridized carbons (Fsp3) is 0.891. The summed E-state index contributed by atoms with van der Waals surface area (Å²) in [5, 5.41) is 13.8. The molecule has 8 nitrogen and oxygen atoms in total. The zero-order valence-electron chi connectivity index (χ0n) is 36.9. The van der Waals surface area contributed by atoms with E-state index in [0.29, 0.717) is 17.4 Å². The van der Waals surface area contributed by atoms with Gasteiger partial charge < -0.3 is 19.8 Å². The van der Waals surface area contributed by atoms with E-state index in [-0.39, 0.29) is 19.1 Å². The monoisotopic (exact) mass is 800 g/mol. The van der Waals surface area contributed by atoms with Gasteiger partial charge in [0.25, 0.3) is 0 Å². The molecule has 0 rings (SSSR count). The van der Waals surface area contributed by atoms with Gasteiger partial charge in [0.2, 0.25) is 5.91 Å². The van der Waals surface area contributed by atoms with Crippen LogP contribution in [0, 0.1) is 0 Å². The molecular weight excluding hydrogens is 707 g/mol. The molecule has 0 aromatic rings. The molecule has 1 unspecified atom stereocenters. The Morgan fingerprint density at radius 2 is 1.00 bits per heavy atom. The quantitative estimate of drug-likeness (QED) is 0.0246. The predicted octanol–water partition coefficient (Wildman–Crippen LogP) is 12.9. The minimum Gasteiger partial charge on any atom is -0.387 e. The number of carbonyl (C=O) groups excluding carboxylic acids is 1. The lowest BCUT2D eigenvalue weighted by Gasteiger charge is -2.25. The summed E-state index contributed by atoms with van der Waals surface area (Å²) in [5.74, 6) is -0.186. The summed E-state index contributed by atoms with van der Waals surface area (Å²) in [6, 6.07) is -0.857. The summed E-state index contributed by atoms with van der Waals surface area (Å²) < 4.78 is 23.5. The molecule has 0 saturated carbocycles. The molecule has 0 bridgehead atoms. The van der Waals surface area contributed by atoms with Crippen molar-refractivity contribution >= 4 is 13.7 Å². The van der Waals surface area contributed by atoms with E-state index in [9.17, 15) is 19.4 Å². The van der Waals surface area contributed by atoms with Crippen molar-refractivity contribution in [3.63, 3.8) is 0 Å². The first-order valence-corrected chi connectivity index (χ1v) is 24.7. The SMILES string of the molecule is CCCCCC/C=C/CC/C=C/[C@@H](O)[C@H](COP(=O)(O)OCC[N+](C)(C)C)NC(=O)CCCCCCCCCCCCCCCCCCCCCCCCC. The van der Waals surface area contributed by atoms with Crippen molar-refractivity contribution in [2.75, 3.05) is 40.9 Å². The Morgan fingerprint density at radius 1 is 0.600 bits per heavy atom. The highest BCUT2D eigenvalue weighted by atomic mass is 31.2. The number of nitrogens with one attached hydrogen (secondary N) is 1. The number of hydrogen-bond acceptors (Lipinski definition) is 5. The van der Waals surface area contributed by atoms with Gasteiger partial charge in [-0.1, -0.05) is 199 Å². The number of hydrogen-bond donors (Lipinski definition) is 3. The average Bonchev–Trinajstić information content (AvgIpc) is 3.13. The molecule has 9 heteroatoms. The smallest absolute Gasteiger partial charge is 0.387 e. The Bertz CT molecular complexity index is 953. The molecule has 0 heterocycles. The van der Waals surface area contributed by atoms with Crippen LogP contribution in [-0.4, -0.2) is 73.4 Å². The van der Waals surface area contributed by atoms with Gasteiger partial charge in [-0.25, -0.2) is 4.57 Å². The van der Waals surface area contributed by atoms with Crippen molar-refractivity contribution in [1.82, 2.24) is 5.32 Å². The van der Waals surface area contributed by atoms with E-state index < -0.39 is 20.0 Å². The minimum atomic E-state index is -4.34. The fourth-order valence-electron chi connectivity index (χ4n) is 6.70. The maximum Gasteiger partial charge on any atom is 0.472 e. The second-order valence-corrected chi connectivity index (χ2v) is 18.6. The number of phosphoric acid groups is 1. The number of likely N-dealkylation sites (N-methyl/N-ethyl adjacent to an activating group) is 1. The second kappa shape index (κ2) is 38.5. The van der Waals surface area contributed by atoms with E-state index in [1.54, 1.807) is 6.08 Å². The first kappa shape index (κ1) is 54.0. The first-order valence-electron chi connectivity index (χ1n) is 23.2. The average molecular weight is 800 g/mol. The Kier molecular flexibility index (Phi) is 37.8. The summed E-state index contributed by atoms with van der Waals surface area (Å²) in [6.07, 6.45) is 45.5. The van der Waals surface area contributed by atoms with Crippen LogP contribution in [0.15, 0.2) is 24.3 Å². The lowest BCUT2D eigenvalue weighted by atomic mass is 10.0. The third kappa shape index (κ3) is 41.0. The normalized spacial score (nSPS) is 14.5. The molecule has 1 amide bonds. The number of nitrogens with zero attached hydrogens (tertiary/aromatic N) is 1. The van der Waals surface area contributed by atoms with Crippen LogP contribution in [0.2, 0.25) is 0 Å². The van der Waals surface area contributed by atoms with Gasteiger partial charge in [0.1, 0.15) is 13.2 Å². The summed E-state index contributed by atoms with van der Waals surface area (Å²) in [7, 11) is 1.56. The number of quaternary nitrogens is 1. The van der Waals surface area contributed by atoms with Crippen molar-refractivity contribution in [1.29, 1.82) is 0 Å². The van der Waals surface area contributed by atoms with Crippen molar-refractivity contribution in [2.45, 2.75) is 225 Å². The largest absolute Gasteiger partial charge is 0.472 e. The van der Waals surface area contributed by atoms with Crippen molar-refractivity contribution in [3.8, 4) is 0 Å². The number of rotatable bonds is 42. The lowest BCUT2D eigenvalue weighted by molar-refractivity contribution is -0.870. The third-order valence-electron chi connectivity index (χ3n) is 10.4. The number of phosphoric ester groups is 1. The zero-order chi connectivity index (χ0) is 40.7. The molecule has 0 aliphatic carbocycles. The Hall–Kier alpha value is -1.02. The van der Waals surface area contributed by atoms with Crippen LogP contribution in [0.4, 0.5) is 0 Å². The van der Waals surface area contributed by atoms with Crippen LogP contribution in [0.3, 0.4) is 0 Å². The summed E-state index contributed by atoms with van der Waals surface area (Å²) in [4.78, 5) is 23.1. The van der Waals surface area contributed by atoms with E-state index in [2.05, 4.69) is 31.3 Å². The van der Waals surface area contributed by atoms with Gasteiger partial charge in [-0.05, 0) is 32.1 Å². The van der Waals surface area contributed by atoms with Gasteiger partial charge in [-0.15, -0.1) is 0 Å². The van der Waals surface area contributed by atoms with Crippen LogP contribution in [0.5, 0.6) is 0 Å².